The minimum atomic E-state index is -3.47. The predicted molar refractivity (Wildman–Crippen MR) is 77.3 cm³/mol. The summed E-state index contributed by atoms with van der Waals surface area (Å²) in [6.45, 7) is 1.94. The van der Waals surface area contributed by atoms with E-state index in [2.05, 4.69) is 20.7 Å². The van der Waals surface area contributed by atoms with Gasteiger partial charge in [-0.25, -0.2) is 13.1 Å². The molecule has 3 N–H and O–H groups in total. The van der Waals surface area contributed by atoms with E-state index in [0.29, 0.717) is 22.6 Å². The lowest BCUT2D eigenvalue weighted by atomic mass is 10.1. The highest BCUT2D eigenvalue weighted by Crippen LogP contribution is 2.23. The van der Waals surface area contributed by atoms with Gasteiger partial charge in [-0.05, 0) is 52.9 Å². The number of nitrogens with one attached hydrogen (secondary N) is 1. The molecule has 5 nitrogen and oxygen atoms in total. The Labute approximate surface area is 121 Å². The van der Waals surface area contributed by atoms with Crippen LogP contribution in [0, 0.1) is 5.92 Å². The molecule has 1 aliphatic heterocycles. The first kappa shape index (κ1) is 14.8. The van der Waals surface area contributed by atoms with Crippen LogP contribution in [0.3, 0.4) is 0 Å². The van der Waals surface area contributed by atoms with Crippen LogP contribution in [0.5, 0.6) is 0 Å². The summed E-state index contributed by atoms with van der Waals surface area (Å²) in [7, 11) is -3.47. The van der Waals surface area contributed by atoms with Crippen molar-refractivity contribution in [3.8, 4) is 0 Å². The summed E-state index contributed by atoms with van der Waals surface area (Å²) >= 11 is 3.23. The standard InChI is InChI=1S/C12H17BrN2O3S/c13-11-7-10(1-2-12(11)14)19(16,17)15-5-3-9-4-6-18-8-9/h1-2,7,9,15H,3-6,8,14H2. The Hall–Kier alpha value is -0.630. The molecule has 1 atom stereocenters. The normalized spacial score (nSPS) is 19.7. The molecular weight excluding hydrogens is 332 g/mol. The third kappa shape index (κ3) is 3.92. The van der Waals surface area contributed by atoms with Gasteiger partial charge >= 0.3 is 0 Å². The topological polar surface area (TPSA) is 81.4 Å². The number of sulfonamides is 1. The molecule has 1 aromatic carbocycles. The fraction of sp³-hybridized carbons (Fsp3) is 0.500. The van der Waals surface area contributed by atoms with Crippen molar-refractivity contribution in [2.24, 2.45) is 5.92 Å². The van der Waals surface area contributed by atoms with Gasteiger partial charge in [-0.1, -0.05) is 0 Å². The summed E-state index contributed by atoms with van der Waals surface area (Å²) in [5.41, 5.74) is 6.15. The van der Waals surface area contributed by atoms with Crippen molar-refractivity contribution in [2.75, 3.05) is 25.5 Å². The van der Waals surface area contributed by atoms with Gasteiger partial charge in [-0.15, -0.1) is 0 Å². The number of benzene rings is 1. The zero-order valence-corrected chi connectivity index (χ0v) is 12.8. The van der Waals surface area contributed by atoms with E-state index in [1.165, 1.54) is 12.1 Å². The van der Waals surface area contributed by atoms with Gasteiger partial charge in [0.2, 0.25) is 10.0 Å². The second-order valence-corrected chi connectivity index (χ2v) is 7.22. The van der Waals surface area contributed by atoms with E-state index in [-0.39, 0.29) is 4.90 Å². The van der Waals surface area contributed by atoms with Crippen LogP contribution in [0.15, 0.2) is 27.6 Å². The molecule has 1 fully saturated rings. The second kappa shape index (κ2) is 6.21. The lowest BCUT2D eigenvalue weighted by Crippen LogP contribution is -2.26. The molecule has 0 bridgehead atoms. The first-order chi connectivity index (χ1) is 8.99. The molecule has 0 radical (unpaired) electrons. The van der Waals surface area contributed by atoms with Crippen LogP contribution in [-0.4, -0.2) is 28.2 Å². The van der Waals surface area contributed by atoms with Crippen molar-refractivity contribution in [1.29, 1.82) is 0 Å². The first-order valence-electron chi connectivity index (χ1n) is 6.11. The minimum Gasteiger partial charge on any atom is -0.398 e. The zero-order chi connectivity index (χ0) is 13.9. The Balaban J connectivity index is 1.95. The fourth-order valence-electron chi connectivity index (χ4n) is 1.97. The van der Waals surface area contributed by atoms with Crippen LogP contribution >= 0.6 is 15.9 Å². The van der Waals surface area contributed by atoms with E-state index in [4.69, 9.17) is 10.5 Å². The third-order valence-electron chi connectivity index (χ3n) is 3.15. The minimum absolute atomic E-state index is 0.219. The highest BCUT2D eigenvalue weighted by Gasteiger charge is 2.18. The van der Waals surface area contributed by atoms with E-state index >= 15 is 0 Å². The molecule has 0 aliphatic carbocycles. The van der Waals surface area contributed by atoms with E-state index in [0.717, 1.165) is 26.1 Å². The van der Waals surface area contributed by atoms with Gasteiger partial charge in [0.05, 0.1) is 4.90 Å². The van der Waals surface area contributed by atoms with Gasteiger partial charge in [0.15, 0.2) is 0 Å². The third-order valence-corrected chi connectivity index (χ3v) is 5.30. The summed E-state index contributed by atoms with van der Waals surface area (Å²) in [4.78, 5) is 0.219. The van der Waals surface area contributed by atoms with Crippen LogP contribution in [-0.2, 0) is 14.8 Å². The second-order valence-electron chi connectivity index (χ2n) is 4.60. The number of hydrogen-bond acceptors (Lipinski definition) is 4. The summed E-state index contributed by atoms with van der Waals surface area (Å²) in [5.74, 6) is 0.459. The van der Waals surface area contributed by atoms with Crippen LogP contribution in [0.2, 0.25) is 0 Å². The predicted octanol–water partition coefficient (Wildman–Crippen LogP) is 1.74. The Bertz CT molecular complexity index is 542. The van der Waals surface area contributed by atoms with E-state index in [1.807, 2.05) is 0 Å². The van der Waals surface area contributed by atoms with Gasteiger partial charge in [0.25, 0.3) is 0 Å². The fourth-order valence-corrected chi connectivity index (χ4v) is 3.57. The number of rotatable bonds is 5. The SMILES string of the molecule is Nc1ccc(S(=O)(=O)NCCC2CCOC2)cc1Br. The molecule has 106 valence electrons. The summed E-state index contributed by atoms with van der Waals surface area (Å²) in [6.07, 6.45) is 1.81. The van der Waals surface area contributed by atoms with E-state index < -0.39 is 10.0 Å². The molecule has 2 rings (SSSR count). The van der Waals surface area contributed by atoms with Crippen LogP contribution in [0.4, 0.5) is 5.69 Å². The number of ether oxygens (including phenoxy) is 1. The molecule has 7 heteroatoms. The molecular formula is C12H17BrN2O3S. The van der Waals surface area contributed by atoms with Crippen molar-refractivity contribution in [3.63, 3.8) is 0 Å². The molecule has 1 unspecified atom stereocenters. The maximum absolute atomic E-state index is 12.1. The van der Waals surface area contributed by atoms with Crippen molar-refractivity contribution >= 4 is 31.6 Å². The molecule has 0 saturated carbocycles. The zero-order valence-electron chi connectivity index (χ0n) is 10.4. The summed E-state index contributed by atoms with van der Waals surface area (Å²) < 4.78 is 32.6. The molecule has 0 aromatic heterocycles. The van der Waals surface area contributed by atoms with Gasteiger partial charge in [-0.3, -0.25) is 0 Å². The van der Waals surface area contributed by atoms with Gasteiger partial charge in [0.1, 0.15) is 0 Å². The highest BCUT2D eigenvalue weighted by atomic mass is 79.9. The molecule has 1 heterocycles. The van der Waals surface area contributed by atoms with Crippen LogP contribution in [0.1, 0.15) is 12.8 Å². The Morgan fingerprint density at radius 3 is 2.89 bits per heavy atom. The van der Waals surface area contributed by atoms with Crippen LogP contribution in [0.25, 0.3) is 0 Å². The number of halogens is 1. The van der Waals surface area contributed by atoms with Crippen molar-refractivity contribution in [1.82, 2.24) is 4.72 Å². The van der Waals surface area contributed by atoms with Gasteiger partial charge in [-0.2, -0.15) is 0 Å². The number of nitrogen functional groups attached to an aromatic ring is 1. The first-order valence-corrected chi connectivity index (χ1v) is 8.39. The Morgan fingerprint density at radius 1 is 1.47 bits per heavy atom. The monoisotopic (exact) mass is 348 g/mol. The lowest BCUT2D eigenvalue weighted by Gasteiger charge is -2.10. The maximum atomic E-state index is 12.1. The molecule has 19 heavy (non-hydrogen) atoms. The molecule has 0 spiro atoms. The molecule has 1 aliphatic rings. The van der Waals surface area contributed by atoms with E-state index in [9.17, 15) is 8.42 Å². The number of nitrogens with two attached hydrogens (primary N) is 1. The average Bonchev–Trinajstić information content (AvgIpc) is 2.85. The molecule has 1 aromatic rings. The Kier molecular flexibility index (Phi) is 4.83. The molecule has 1 saturated heterocycles. The number of anilines is 1. The summed E-state index contributed by atoms with van der Waals surface area (Å²) in [5, 5.41) is 0. The average molecular weight is 349 g/mol. The van der Waals surface area contributed by atoms with Gasteiger partial charge < -0.3 is 10.5 Å². The highest BCUT2D eigenvalue weighted by molar-refractivity contribution is 9.10. The number of hydrogen-bond donors (Lipinski definition) is 2. The Morgan fingerprint density at radius 2 is 2.26 bits per heavy atom. The quantitative estimate of drug-likeness (QED) is 0.794. The maximum Gasteiger partial charge on any atom is 0.240 e. The van der Waals surface area contributed by atoms with E-state index in [1.54, 1.807) is 6.07 Å². The van der Waals surface area contributed by atoms with Crippen molar-refractivity contribution < 1.29 is 13.2 Å². The van der Waals surface area contributed by atoms with Gasteiger partial charge in [0, 0.05) is 29.9 Å². The summed E-state index contributed by atoms with van der Waals surface area (Å²) in [6, 6.07) is 4.58. The van der Waals surface area contributed by atoms with Crippen LogP contribution < -0.4 is 10.5 Å². The smallest absolute Gasteiger partial charge is 0.240 e. The lowest BCUT2D eigenvalue weighted by molar-refractivity contribution is 0.184. The largest absolute Gasteiger partial charge is 0.398 e. The van der Waals surface area contributed by atoms with Crippen molar-refractivity contribution in [3.05, 3.63) is 22.7 Å². The van der Waals surface area contributed by atoms with Crippen molar-refractivity contribution in [2.45, 2.75) is 17.7 Å². The molecule has 0 amide bonds.